The van der Waals surface area contributed by atoms with Gasteiger partial charge in [-0.15, -0.1) is 0 Å². The first kappa shape index (κ1) is 40.5. The molecule has 0 bridgehead atoms. The number of carboxylic acids is 1. The van der Waals surface area contributed by atoms with Crippen LogP contribution in [0.15, 0.2) is 36.5 Å². The van der Waals surface area contributed by atoms with Crippen LogP contribution in [0, 0.1) is 0 Å². The van der Waals surface area contributed by atoms with Crippen LogP contribution < -0.4 is 0 Å². The summed E-state index contributed by atoms with van der Waals surface area (Å²) in [6.45, 7) is 4.49. The molecule has 248 valence electrons. The van der Waals surface area contributed by atoms with E-state index in [4.69, 9.17) is 14.2 Å². The molecule has 8 nitrogen and oxygen atoms in total. The second-order valence-corrected chi connectivity index (χ2v) is 12.0. The average Bonchev–Trinajstić information content (AvgIpc) is 2.94. The number of carbonyl (C=O) groups excluding carboxylic acids is 2. The molecule has 0 heterocycles. The van der Waals surface area contributed by atoms with E-state index in [1.54, 1.807) is 0 Å². The van der Waals surface area contributed by atoms with E-state index in [2.05, 4.69) is 50.3 Å². The maximum atomic E-state index is 12.5. The number of hydrogen-bond acceptors (Lipinski definition) is 6. The topological polar surface area (TPSA) is 99.1 Å². The molecule has 0 aliphatic carbocycles. The largest absolute Gasteiger partial charge is 0.477 e. The van der Waals surface area contributed by atoms with Gasteiger partial charge in [0, 0.05) is 19.3 Å². The van der Waals surface area contributed by atoms with Crippen molar-refractivity contribution in [1.29, 1.82) is 0 Å². The smallest absolute Gasteiger partial charge is 0.362 e. The number of ether oxygens (including phenoxy) is 3. The fourth-order valence-corrected chi connectivity index (χ4v) is 4.46. The van der Waals surface area contributed by atoms with Crippen LogP contribution in [0.25, 0.3) is 0 Å². The summed E-state index contributed by atoms with van der Waals surface area (Å²) in [5.74, 6) is -1.55. The number of aliphatic carboxylic acids is 1. The van der Waals surface area contributed by atoms with E-state index in [1.807, 2.05) is 21.1 Å². The van der Waals surface area contributed by atoms with E-state index in [1.165, 1.54) is 32.1 Å². The van der Waals surface area contributed by atoms with Crippen LogP contribution in [0.5, 0.6) is 0 Å². The molecule has 8 heteroatoms. The third-order valence-electron chi connectivity index (χ3n) is 7.05. The maximum Gasteiger partial charge on any atom is 0.362 e. The molecule has 0 amide bonds. The number of quaternary nitrogens is 1. The first-order chi connectivity index (χ1) is 20.6. The van der Waals surface area contributed by atoms with Crippen molar-refractivity contribution in [3.63, 3.8) is 0 Å². The highest BCUT2D eigenvalue weighted by atomic mass is 16.6. The molecule has 0 aliphatic rings. The molecule has 0 fully saturated rings. The van der Waals surface area contributed by atoms with Gasteiger partial charge in [-0.25, -0.2) is 4.79 Å². The molecule has 43 heavy (non-hydrogen) atoms. The van der Waals surface area contributed by atoms with Gasteiger partial charge in [-0.05, 0) is 38.5 Å². The van der Waals surface area contributed by atoms with Crippen LogP contribution in [0.3, 0.4) is 0 Å². The normalized spacial score (nSPS) is 13.6. The molecule has 0 spiro atoms. The monoisotopic (exact) mass is 608 g/mol. The third-order valence-corrected chi connectivity index (χ3v) is 7.05. The molecule has 2 unspecified atom stereocenters. The van der Waals surface area contributed by atoms with Crippen LogP contribution in [0.4, 0.5) is 0 Å². The average molecular weight is 609 g/mol. The Bertz CT molecular complexity index is 813. The zero-order valence-corrected chi connectivity index (χ0v) is 27.9. The molecule has 2 atom stereocenters. The Morgan fingerprint density at radius 2 is 1.30 bits per heavy atom. The fourth-order valence-electron chi connectivity index (χ4n) is 4.46. The second kappa shape index (κ2) is 27.1. The Balaban J connectivity index is 4.57. The SMILES string of the molecule is CC/C=C/C/C=C/C/C=C/CCCC(=O)OCC(COCCC(C(=O)O)[N+](C)(C)C)OC(=O)CCCCCCCCCC. The molecule has 0 aromatic rings. The van der Waals surface area contributed by atoms with Gasteiger partial charge in [0.1, 0.15) is 6.61 Å². The zero-order chi connectivity index (χ0) is 32.2. The minimum atomic E-state index is -0.885. The second-order valence-electron chi connectivity index (χ2n) is 12.0. The minimum absolute atomic E-state index is 0.0461. The van der Waals surface area contributed by atoms with Crippen molar-refractivity contribution in [2.24, 2.45) is 0 Å². The molecule has 1 N–H and O–H groups in total. The first-order valence-corrected chi connectivity index (χ1v) is 16.5. The van der Waals surface area contributed by atoms with Gasteiger partial charge in [0.05, 0.1) is 34.4 Å². The lowest BCUT2D eigenvalue weighted by Crippen LogP contribution is -2.50. The van der Waals surface area contributed by atoms with Crippen LogP contribution in [0.1, 0.15) is 117 Å². The third kappa shape index (κ3) is 25.7. The Kier molecular flexibility index (Phi) is 25.6. The number of carbonyl (C=O) groups is 3. The lowest BCUT2D eigenvalue weighted by Gasteiger charge is -2.31. The summed E-state index contributed by atoms with van der Waals surface area (Å²) in [5.41, 5.74) is 0. The van der Waals surface area contributed by atoms with Crippen molar-refractivity contribution in [3.8, 4) is 0 Å². The van der Waals surface area contributed by atoms with Crippen LogP contribution in [-0.2, 0) is 28.6 Å². The van der Waals surface area contributed by atoms with E-state index in [-0.39, 0.29) is 42.7 Å². The van der Waals surface area contributed by atoms with Gasteiger partial charge < -0.3 is 23.8 Å². The standard InChI is InChI=1S/C35H61NO7/c1-6-8-10-12-14-16-17-18-20-21-23-25-33(37)42-30-31(29-41-28-27-32(35(39)40)36(3,4)5)43-34(38)26-24-22-19-15-13-11-9-7-2/h8,10,14,16,18,20,31-32H,6-7,9,11-13,15,17,19,21-30H2,1-5H3/p+1/b10-8+,16-14+,20-18+. The number of rotatable bonds is 28. The molecule has 0 aromatic heterocycles. The van der Waals surface area contributed by atoms with Crippen molar-refractivity contribution >= 4 is 17.9 Å². The Morgan fingerprint density at radius 3 is 1.91 bits per heavy atom. The van der Waals surface area contributed by atoms with Gasteiger partial charge >= 0.3 is 17.9 Å². The van der Waals surface area contributed by atoms with E-state index < -0.39 is 18.1 Å². The van der Waals surface area contributed by atoms with Crippen molar-refractivity contribution in [2.75, 3.05) is 41.0 Å². The van der Waals surface area contributed by atoms with Crippen LogP contribution in [0.2, 0.25) is 0 Å². The van der Waals surface area contributed by atoms with Crippen molar-refractivity contribution in [3.05, 3.63) is 36.5 Å². The van der Waals surface area contributed by atoms with Crippen molar-refractivity contribution < 1.29 is 38.2 Å². The molecule has 0 radical (unpaired) electrons. The molecule has 0 aromatic carbocycles. The predicted octanol–water partition coefficient (Wildman–Crippen LogP) is 7.57. The van der Waals surface area contributed by atoms with E-state index in [0.717, 1.165) is 44.9 Å². The Morgan fingerprint density at radius 1 is 0.721 bits per heavy atom. The molecule has 0 rings (SSSR count). The summed E-state index contributed by atoms with van der Waals surface area (Å²) < 4.78 is 17.0. The Hall–Kier alpha value is -2.45. The van der Waals surface area contributed by atoms with Crippen molar-refractivity contribution in [1.82, 2.24) is 0 Å². The van der Waals surface area contributed by atoms with Gasteiger partial charge in [-0.3, -0.25) is 9.59 Å². The van der Waals surface area contributed by atoms with Crippen LogP contribution >= 0.6 is 0 Å². The van der Waals surface area contributed by atoms with Gasteiger partial charge in [0.2, 0.25) is 0 Å². The molecular formula is C35H62NO7+. The van der Waals surface area contributed by atoms with Crippen molar-refractivity contribution in [2.45, 2.75) is 129 Å². The van der Waals surface area contributed by atoms with E-state index in [0.29, 0.717) is 19.3 Å². The summed E-state index contributed by atoms with van der Waals surface area (Å²) in [5, 5.41) is 9.53. The quantitative estimate of drug-likeness (QED) is 0.0423. The molecular weight excluding hydrogens is 546 g/mol. The summed E-state index contributed by atoms with van der Waals surface area (Å²) >= 11 is 0. The van der Waals surface area contributed by atoms with Gasteiger partial charge in [-0.1, -0.05) is 95.2 Å². The Labute approximate surface area is 262 Å². The van der Waals surface area contributed by atoms with Gasteiger partial charge in [-0.2, -0.15) is 0 Å². The van der Waals surface area contributed by atoms with E-state index in [9.17, 15) is 19.5 Å². The maximum absolute atomic E-state index is 12.5. The molecule has 0 aliphatic heterocycles. The molecule has 0 saturated heterocycles. The summed E-state index contributed by atoms with van der Waals surface area (Å²) in [7, 11) is 5.48. The fraction of sp³-hybridized carbons (Fsp3) is 0.743. The minimum Gasteiger partial charge on any atom is -0.477 e. The highest BCUT2D eigenvalue weighted by molar-refractivity contribution is 5.72. The lowest BCUT2D eigenvalue weighted by molar-refractivity contribution is -0.887. The molecule has 0 saturated carbocycles. The number of likely N-dealkylation sites (N-methyl/N-ethyl adjacent to an activating group) is 1. The summed E-state index contributed by atoms with van der Waals surface area (Å²) in [4.78, 5) is 36.4. The number of unbranched alkanes of at least 4 members (excludes halogenated alkanes) is 8. The summed E-state index contributed by atoms with van der Waals surface area (Å²) in [6.07, 6.45) is 26.4. The van der Waals surface area contributed by atoms with E-state index >= 15 is 0 Å². The van der Waals surface area contributed by atoms with Crippen LogP contribution in [-0.4, -0.2) is 80.6 Å². The summed E-state index contributed by atoms with van der Waals surface area (Å²) in [6, 6.07) is -0.617. The van der Waals surface area contributed by atoms with Gasteiger partial charge in [0.25, 0.3) is 0 Å². The number of carboxylic acid groups (broad SMARTS) is 1. The number of esters is 2. The first-order valence-electron chi connectivity index (χ1n) is 16.5. The highest BCUT2D eigenvalue weighted by Gasteiger charge is 2.31. The zero-order valence-electron chi connectivity index (χ0n) is 27.9. The number of hydrogen-bond donors (Lipinski definition) is 1. The lowest BCUT2D eigenvalue weighted by atomic mass is 10.1. The predicted molar refractivity (Wildman–Crippen MR) is 174 cm³/mol. The number of allylic oxidation sites excluding steroid dienone is 6. The van der Waals surface area contributed by atoms with Gasteiger partial charge in [0.15, 0.2) is 12.1 Å². The highest BCUT2D eigenvalue weighted by Crippen LogP contribution is 2.12. The number of nitrogens with zero attached hydrogens (tertiary/aromatic N) is 1.